The maximum Gasteiger partial charge on any atom is 0.150 e. The van der Waals surface area contributed by atoms with E-state index in [0.717, 1.165) is 9.13 Å². The minimum Gasteiger partial charge on any atom is -0.389 e. The minimum absolute atomic E-state index is 0.330. The lowest BCUT2D eigenvalue weighted by Crippen LogP contribution is -1.98. The van der Waals surface area contributed by atoms with Gasteiger partial charge >= 0.3 is 0 Å². The van der Waals surface area contributed by atoms with E-state index in [4.69, 9.17) is 0 Å². The summed E-state index contributed by atoms with van der Waals surface area (Å²) < 4.78 is 14.5. The molecule has 1 heterocycles. The Kier molecular flexibility index (Phi) is 3.12. The van der Waals surface area contributed by atoms with Crippen LogP contribution in [0.25, 0.3) is 10.9 Å². The van der Waals surface area contributed by atoms with E-state index in [1.807, 2.05) is 6.07 Å². The van der Waals surface area contributed by atoms with Crippen molar-refractivity contribution in [3.8, 4) is 0 Å². The molecule has 0 bridgehead atoms. The molecule has 0 saturated heterocycles. The van der Waals surface area contributed by atoms with Gasteiger partial charge in [0, 0.05) is 14.7 Å². The molecule has 0 amide bonds. The normalized spacial score (nSPS) is 13.1. The SMILES string of the molecule is Cc1cc(C(C)O)c2cc(I)cc(F)c2n1. The summed E-state index contributed by atoms with van der Waals surface area (Å²) in [6, 6.07) is 5.08. The van der Waals surface area contributed by atoms with E-state index in [2.05, 4.69) is 27.6 Å². The van der Waals surface area contributed by atoms with Crippen LogP contribution in [0.3, 0.4) is 0 Å². The minimum atomic E-state index is -0.623. The molecule has 0 spiro atoms. The molecule has 1 aromatic heterocycles. The van der Waals surface area contributed by atoms with Crippen molar-refractivity contribution in [1.82, 2.24) is 4.98 Å². The van der Waals surface area contributed by atoms with Gasteiger partial charge in [-0.1, -0.05) is 0 Å². The fraction of sp³-hybridized carbons (Fsp3) is 0.250. The number of hydrogen-bond donors (Lipinski definition) is 1. The summed E-state index contributed by atoms with van der Waals surface area (Å²) in [6.45, 7) is 3.47. The van der Waals surface area contributed by atoms with Crippen molar-refractivity contribution in [2.45, 2.75) is 20.0 Å². The van der Waals surface area contributed by atoms with Gasteiger partial charge in [-0.25, -0.2) is 4.39 Å². The van der Waals surface area contributed by atoms with Gasteiger partial charge in [0.1, 0.15) is 11.3 Å². The van der Waals surface area contributed by atoms with Crippen LogP contribution in [-0.2, 0) is 0 Å². The van der Waals surface area contributed by atoms with Gasteiger partial charge in [-0.2, -0.15) is 0 Å². The molecule has 1 unspecified atom stereocenters. The lowest BCUT2D eigenvalue weighted by atomic mass is 10.0. The van der Waals surface area contributed by atoms with E-state index in [0.29, 0.717) is 16.6 Å². The number of aliphatic hydroxyl groups is 1. The summed E-state index contributed by atoms with van der Waals surface area (Å²) >= 11 is 2.05. The van der Waals surface area contributed by atoms with E-state index in [1.54, 1.807) is 19.9 Å². The smallest absolute Gasteiger partial charge is 0.150 e. The van der Waals surface area contributed by atoms with E-state index in [1.165, 1.54) is 6.07 Å². The third kappa shape index (κ3) is 2.04. The highest BCUT2D eigenvalue weighted by molar-refractivity contribution is 14.1. The van der Waals surface area contributed by atoms with Crippen LogP contribution in [0.4, 0.5) is 4.39 Å². The second-order valence-electron chi connectivity index (χ2n) is 3.81. The Morgan fingerprint density at radius 1 is 1.38 bits per heavy atom. The van der Waals surface area contributed by atoms with Crippen LogP contribution in [0.5, 0.6) is 0 Å². The highest BCUT2D eigenvalue weighted by Gasteiger charge is 2.12. The van der Waals surface area contributed by atoms with Gasteiger partial charge in [-0.15, -0.1) is 0 Å². The van der Waals surface area contributed by atoms with Gasteiger partial charge in [0.15, 0.2) is 0 Å². The van der Waals surface area contributed by atoms with Gasteiger partial charge < -0.3 is 5.11 Å². The summed E-state index contributed by atoms with van der Waals surface area (Å²) in [4.78, 5) is 4.17. The Morgan fingerprint density at radius 2 is 2.06 bits per heavy atom. The second kappa shape index (κ2) is 4.25. The fourth-order valence-corrected chi connectivity index (χ4v) is 2.34. The van der Waals surface area contributed by atoms with Crippen LogP contribution in [0.15, 0.2) is 18.2 Å². The molecule has 0 aliphatic heterocycles. The molecule has 0 saturated carbocycles. The van der Waals surface area contributed by atoms with Gasteiger partial charge in [0.25, 0.3) is 0 Å². The number of hydrogen-bond acceptors (Lipinski definition) is 2. The van der Waals surface area contributed by atoms with Gasteiger partial charge in [-0.05, 0) is 60.2 Å². The van der Waals surface area contributed by atoms with Crippen LogP contribution < -0.4 is 0 Å². The number of aliphatic hydroxyl groups excluding tert-OH is 1. The maximum absolute atomic E-state index is 13.7. The summed E-state index contributed by atoms with van der Waals surface area (Å²) in [5.41, 5.74) is 1.76. The number of rotatable bonds is 1. The standard InChI is InChI=1S/C12H11FINO/c1-6-3-9(7(2)16)10-4-8(14)5-11(13)12(10)15-6/h3-5,7,16H,1-2H3. The lowest BCUT2D eigenvalue weighted by Gasteiger charge is -2.11. The molecule has 2 nitrogen and oxygen atoms in total. The molecule has 2 rings (SSSR count). The van der Waals surface area contributed by atoms with Crippen LogP contribution in [-0.4, -0.2) is 10.1 Å². The first kappa shape index (κ1) is 11.7. The van der Waals surface area contributed by atoms with Crippen molar-refractivity contribution < 1.29 is 9.50 Å². The maximum atomic E-state index is 13.7. The van der Waals surface area contributed by atoms with E-state index >= 15 is 0 Å². The monoisotopic (exact) mass is 331 g/mol. The van der Waals surface area contributed by atoms with Crippen molar-refractivity contribution in [3.63, 3.8) is 0 Å². The molecule has 0 fully saturated rings. The highest BCUT2D eigenvalue weighted by atomic mass is 127. The zero-order chi connectivity index (χ0) is 11.9. The number of pyridine rings is 1. The summed E-state index contributed by atoms with van der Waals surface area (Å²) in [5.74, 6) is -0.340. The Bertz CT molecular complexity index is 554. The number of halogens is 2. The molecule has 0 aliphatic rings. The topological polar surface area (TPSA) is 33.1 Å². The van der Waals surface area contributed by atoms with Crippen LogP contribution in [0.2, 0.25) is 0 Å². The molecule has 16 heavy (non-hydrogen) atoms. The van der Waals surface area contributed by atoms with Crippen molar-refractivity contribution in [2.24, 2.45) is 0 Å². The van der Waals surface area contributed by atoms with E-state index < -0.39 is 6.10 Å². The van der Waals surface area contributed by atoms with Gasteiger partial charge in [-0.3, -0.25) is 4.98 Å². The zero-order valence-corrected chi connectivity index (χ0v) is 11.1. The van der Waals surface area contributed by atoms with Gasteiger partial charge in [0.05, 0.1) is 6.10 Å². The van der Waals surface area contributed by atoms with Crippen molar-refractivity contribution >= 4 is 33.5 Å². The van der Waals surface area contributed by atoms with Crippen LogP contribution in [0, 0.1) is 16.3 Å². The molecule has 0 radical (unpaired) electrons. The number of fused-ring (bicyclic) bond motifs is 1. The Morgan fingerprint density at radius 3 is 2.69 bits per heavy atom. The summed E-state index contributed by atoms with van der Waals surface area (Å²) in [6.07, 6.45) is -0.623. The highest BCUT2D eigenvalue weighted by Crippen LogP contribution is 2.27. The van der Waals surface area contributed by atoms with Crippen LogP contribution in [0.1, 0.15) is 24.3 Å². The molecule has 84 valence electrons. The molecule has 2 aromatic rings. The predicted octanol–water partition coefficient (Wildman–Crippen LogP) is 3.34. The second-order valence-corrected chi connectivity index (χ2v) is 5.06. The average Bonchev–Trinajstić information content (AvgIpc) is 2.18. The first-order valence-electron chi connectivity index (χ1n) is 4.93. The first-order chi connectivity index (χ1) is 7.49. The van der Waals surface area contributed by atoms with Crippen molar-refractivity contribution in [1.29, 1.82) is 0 Å². The molecule has 0 aliphatic carbocycles. The van der Waals surface area contributed by atoms with Gasteiger partial charge in [0.2, 0.25) is 0 Å². The Balaban J connectivity index is 2.89. The number of nitrogens with zero attached hydrogens (tertiary/aromatic N) is 1. The third-order valence-corrected chi connectivity index (χ3v) is 3.06. The third-order valence-electron chi connectivity index (χ3n) is 2.44. The Hall–Kier alpha value is -0.750. The number of aryl methyl sites for hydroxylation is 1. The fourth-order valence-electron chi connectivity index (χ4n) is 1.76. The molecule has 1 aromatic carbocycles. The van der Waals surface area contributed by atoms with Crippen molar-refractivity contribution in [2.75, 3.05) is 0 Å². The number of aromatic nitrogens is 1. The largest absolute Gasteiger partial charge is 0.389 e. The summed E-state index contributed by atoms with van der Waals surface area (Å²) in [7, 11) is 0. The quantitative estimate of drug-likeness (QED) is 0.813. The molecule has 1 atom stereocenters. The lowest BCUT2D eigenvalue weighted by molar-refractivity contribution is 0.200. The van der Waals surface area contributed by atoms with E-state index in [9.17, 15) is 9.50 Å². The Labute approximate surface area is 107 Å². The molecule has 1 N–H and O–H groups in total. The molecular formula is C12H11FINO. The molecule has 4 heteroatoms. The zero-order valence-electron chi connectivity index (χ0n) is 8.96. The van der Waals surface area contributed by atoms with E-state index in [-0.39, 0.29) is 5.82 Å². The average molecular weight is 331 g/mol. The predicted molar refractivity (Wildman–Crippen MR) is 69.8 cm³/mol. The van der Waals surface area contributed by atoms with Crippen LogP contribution >= 0.6 is 22.6 Å². The van der Waals surface area contributed by atoms with Crippen molar-refractivity contribution in [3.05, 3.63) is 38.8 Å². The molecular weight excluding hydrogens is 320 g/mol. The summed E-state index contributed by atoms with van der Waals surface area (Å²) in [5, 5.41) is 10.4. The number of benzene rings is 1. The first-order valence-corrected chi connectivity index (χ1v) is 6.01.